The van der Waals surface area contributed by atoms with Crippen molar-refractivity contribution in [2.24, 2.45) is 5.92 Å². The molecule has 1 aliphatic heterocycles. The van der Waals surface area contributed by atoms with E-state index < -0.39 is 0 Å². The van der Waals surface area contributed by atoms with Crippen molar-refractivity contribution in [3.63, 3.8) is 0 Å². The van der Waals surface area contributed by atoms with Crippen LogP contribution in [-0.2, 0) is 6.42 Å². The van der Waals surface area contributed by atoms with E-state index in [1.54, 1.807) is 13.2 Å². The standard InChI is InChI=1S/C20H26N4O2/c1-15-5-4-12-24(14-15)20(25)18-8-9-19(23-22-18)21-11-10-16-6-3-7-17(13-16)26-2/h3,6-9,13,15H,4-5,10-12,14H2,1-2H3,(H,21,23). The minimum atomic E-state index is -0.0213. The van der Waals surface area contributed by atoms with Gasteiger partial charge in [0.15, 0.2) is 5.69 Å². The molecule has 0 aliphatic carbocycles. The number of nitrogens with one attached hydrogen (secondary N) is 1. The lowest BCUT2D eigenvalue weighted by Gasteiger charge is -2.30. The molecule has 1 aromatic carbocycles. The van der Waals surface area contributed by atoms with Crippen LogP contribution in [0.3, 0.4) is 0 Å². The number of rotatable bonds is 6. The Morgan fingerprint density at radius 1 is 1.31 bits per heavy atom. The second-order valence-corrected chi connectivity index (χ2v) is 6.83. The van der Waals surface area contributed by atoms with Crippen LogP contribution >= 0.6 is 0 Å². The van der Waals surface area contributed by atoms with E-state index in [2.05, 4.69) is 28.5 Å². The number of benzene rings is 1. The summed E-state index contributed by atoms with van der Waals surface area (Å²) in [6.07, 6.45) is 3.10. The van der Waals surface area contributed by atoms with Crippen molar-refractivity contribution >= 4 is 11.7 Å². The van der Waals surface area contributed by atoms with Crippen molar-refractivity contribution in [1.29, 1.82) is 0 Å². The van der Waals surface area contributed by atoms with Crippen molar-refractivity contribution in [3.05, 3.63) is 47.7 Å². The molecule has 2 aromatic rings. The minimum absolute atomic E-state index is 0.0213. The molecular formula is C20H26N4O2. The number of carbonyl (C=O) groups excluding carboxylic acids is 1. The molecule has 0 radical (unpaired) electrons. The molecule has 1 atom stereocenters. The predicted molar refractivity (Wildman–Crippen MR) is 102 cm³/mol. The number of methoxy groups -OCH3 is 1. The van der Waals surface area contributed by atoms with Crippen LogP contribution in [0.2, 0.25) is 0 Å². The Balaban J connectivity index is 1.51. The zero-order chi connectivity index (χ0) is 18.4. The highest BCUT2D eigenvalue weighted by Crippen LogP contribution is 2.17. The van der Waals surface area contributed by atoms with Gasteiger partial charge in [-0.05, 0) is 55.0 Å². The summed E-state index contributed by atoms with van der Waals surface area (Å²) in [4.78, 5) is 14.4. The van der Waals surface area contributed by atoms with E-state index in [4.69, 9.17) is 4.74 Å². The number of ether oxygens (including phenoxy) is 1. The molecule has 1 aromatic heterocycles. The van der Waals surface area contributed by atoms with Crippen LogP contribution < -0.4 is 10.1 Å². The summed E-state index contributed by atoms with van der Waals surface area (Å²) >= 11 is 0. The minimum Gasteiger partial charge on any atom is -0.497 e. The van der Waals surface area contributed by atoms with Gasteiger partial charge < -0.3 is 15.0 Å². The zero-order valence-electron chi connectivity index (χ0n) is 15.4. The van der Waals surface area contributed by atoms with E-state index in [1.807, 2.05) is 29.2 Å². The lowest BCUT2D eigenvalue weighted by Crippen LogP contribution is -2.39. The van der Waals surface area contributed by atoms with Gasteiger partial charge in [0.2, 0.25) is 0 Å². The number of hydrogen-bond donors (Lipinski definition) is 1. The largest absolute Gasteiger partial charge is 0.497 e. The quantitative estimate of drug-likeness (QED) is 0.864. The molecule has 1 N–H and O–H groups in total. The number of anilines is 1. The Bertz CT molecular complexity index is 733. The van der Waals surface area contributed by atoms with Gasteiger partial charge in [0.05, 0.1) is 7.11 Å². The second kappa shape index (κ2) is 8.65. The van der Waals surface area contributed by atoms with Gasteiger partial charge in [-0.15, -0.1) is 10.2 Å². The fourth-order valence-electron chi connectivity index (χ4n) is 3.24. The molecule has 26 heavy (non-hydrogen) atoms. The fourth-order valence-corrected chi connectivity index (χ4v) is 3.24. The lowest BCUT2D eigenvalue weighted by atomic mass is 10.00. The molecule has 1 aliphatic rings. The van der Waals surface area contributed by atoms with Gasteiger partial charge in [0.25, 0.3) is 5.91 Å². The molecule has 6 nitrogen and oxygen atoms in total. The van der Waals surface area contributed by atoms with Crippen LogP contribution in [-0.4, -0.2) is 47.7 Å². The van der Waals surface area contributed by atoms with Crippen molar-refractivity contribution < 1.29 is 9.53 Å². The molecule has 0 spiro atoms. The SMILES string of the molecule is COc1cccc(CCNc2ccc(C(=O)N3CCCC(C)C3)nn2)c1. The van der Waals surface area contributed by atoms with Gasteiger partial charge in [-0.2, -0.15) is 0 Å². The topological polar surface area (TPSA) is 67.3 Å². The van der Waals surface area contributed by atoms with Gasteiger partial charge in [0.1, 0.15) is 11.6 Å². The van der Waals surface area contributed by atoms with E-state index >= 15 is 0 Å². The maximum absolute atomic E-state index is 12.5. The number of carbonyl (C=O) groups is 1. The van der Waals surface area contributed by atoms with Crippen molar-refractivity contribution in [2.75, 3.05) is 32.1 Å². The summed E-state index contributed by atoms with van der Waals surface area (Å²) < 4.78 is 5.23. The second-order valence-electron chi connectivity index (χ2n) is 6.83. The van der Waals surface area contributed by atoms with E-state index in [9.17, 15) is 4.79 Å². The Labute approximate surface area is 154 Å². The number of amides is 1. The van der Waals surface area contributed by atoms with Gasteiger partial charge in [-0.1, -0.05) is 19.1 Å². The summed E-state index contributed by atoms with van der Waals surface area (Å²) in [5, 5.41) is 11.5. The van der Waals surface area contributed by atoms with Crippen molar-refractivity contribution in [1.82, 2.24) is 15.1 Å². The summed E-state index contributed by atoms with van der Waals surface area (Å²) in [6.45, 7) is 4.53. The maximum atomic E-state index is 12.5. The van der Waals surface area contributed by atoms with E-state index in [0.29, 0.717) is 17.4 Å². The van der Waals surface area contributed by atoms with Crippen LogP contribution in [0.1, 0.15) is 35.8 Å². The fraction of sp³-hybridized carbons (Fsp3) is 0.450. The Morgan fingerprint density at radius 3 is 2.92 bits per heavy atom. The first-order chi connectivity index (χ1) is 12.7. The maximum Gasteiger partial charge on any atom is 0.274 e. The summed E-state index contributed by atoms with van der Waals surface area (Å²) in [5.74, 6) is 2.07. The molecular weight excluding hydrogens is 328 g/mol. The molecule has 6 heteroatoms. The highest BCUT2D eigenvalue weighted by Gasteiger charge is 2.23. The van der Waals surface area contributed by atoms with Gasteiger partial charge in [0, 0.05) is 19.6 Å². The van der Waals surface area contributed by atoms with Crippen molar-refractivity contribution in [3.8, 4) is 5.75 Å². The average Bonchev–Trinajstić information content (AvgIpc) is 2.68. The van der Waals surface area contributed by atoms with Gasteiger partial charge >= 0.3 is 0 Å². The van der Waals surface area contributed by atoms with E-state index in [1.165, 1.54) is 12.0 Å². The number of hydrogen-bond acceptors (Lipinski definition) is 5. The monoisotopic (exact) mass is 354 g/mol. The molecule has 1 fully saturated rings. The average molecular weight is 354 g/mol. The van der Waals surface area contributed by atoms with Gasteiger partial charge in [-0.3, -0.25) is 4.79 Å². The highest BCUT2D eigenvalue weighted by atomic mass is 16.5. The first-order valence-corrected chi connectivity index (χ1v) is 9.15. The molecule has 138 valence electrons. The molecule has 2 heterocycles. The number of piperidine rings is 1. The summed E-state index contributed by atoms with van der Waals surface area (Å²) in [6, 6.07) is 11.6. The van der Waals surface area contributed by atoms with E-state index in [-0.39, 0.29) is 5.91 Å². The third-order valence-corrected chi connectivity index (χ3v) is 4.68. The van der Waals surface area contributed by atoms with Crippen molar-refractivity contribution in [2.45, 2.75) is 26.2 Å². The van der Waals surface area contributed by atoms with Crippen LogP contribution in [0.25, 0.3) is 0 Å². The molecule has 3 rings (SSSR count). The number of aromatic nitrogens is 2. The number of nitrogens with zero attached hydrogens (tertiary/aromatic N) is 3. The lowest BCUT2D eigenvalue weighted by molar-refractivity contribution is 0.0676. The molecule has 1 unspecified atom stereocenters. The molecule has 1 amide bonds. The van der Waals surface area contributed by atoms with Crippen LogP contribution in [0.4, 0.5) is 5.82 Å². The van der Waals surface area contributed by atoms with E-state index in [0.717, 1.165) is 38.2 Å². The third kappa shape index (κ3) is 4.71. The third-order valence-electron chi connectivity index (χ3n) is 4.68. The van der Waals surface area contributed by atoms with Crippen LogP contribution in [0, 0.1) is 5.92 Å². The smallest absolute Gasteiger partial charge is 0.274 e. The Morgan fingerprint density at radius 2 is 2.19 bits per heavy atom. The Hall–Kier alpha value is -2.63. The molecule has 1 saturated heterocycles. The summed E-state index contributed by atoms with van der Waals surface area (Å²) in [7, 11) is 1.67. The highest BCUT2D eigenvalue weighted by molar-refractivity contribution is 5.92. The normalized spacial score (nSPS) is 17.0. The first-order valence-electron chi connectivity index (χ1n) is 9.15. The van der Waals surface area contributed by atoms with Crippen LogP contribution in [0.5, 0.6) is 5.75 Å². The molecule has 0 bridgehead atoms. The number of likely N-dealkylation sites (tertiary alicyclic amines) is 1. The van der Waals surface area contributed by atoms with Crippen LogP contribution in [0.15, 0.2) is 36.4 Å². The molecule has 0 saturated carbocycles. The predicted octanol–water partition coefficient (Wildman–Crippen LogP) is 3.01. The zero-order valence-corrected chi connectivity index (χ0v) is 15.4. The van der Waals surface area contributed by atoms with Gasteiger partial charge in [-0.25, -0.2) is 0 Å². The first kappa shape index (κ1) is 18.2. The summed E-state index contributed by atoms with van der Waals surface area (Å²) in [5.41, 5.74) is 1.60. The Kier molecular flexibility index (Phi) is 6.04.